The third kappa shape index (κ3) is 2.40. The number of fused-ring (bicyclic) bond motifs is 1. The van der Waals surface area contributed by atoms with Crippen LogP contribution in [-0.4, -0.2) is 29.6 Å². The molecule has 3 heterocycles. The number of hydrogen-bond donors (Lipinski definition) is 2. The van der Waals surface area contributed by atoms with Gasteiger partial charge < -0.3 is 10.6 Å². The van der Waals surface area contributed by atoms with E-state index in [1.165, 1.54) is 19.4 Å². The van der Waals surface area contributed by atoms with Crippen LogP contribution in [-0.2, 0) is 0 Å². The van der Waals surface area contributed by atoms with E-state index in [0.717, 1.165) is 29.1 Å². The Morgan fingerprint density at radius 3 is 3.35 bits per heavy atom. The molecule has 1 aliphatic rings. The van der Waals surface area contributed by atoms with Gasteiger partial charge in [0.25, 0.3) is 0 Å². The summed E-state index contributed by atoms with van der Waals surface area (Å²) in [6.07, 6.45) is 4.22. The first kappa shape index (κ1) is 10.9. The van der Waals surface area contributed by atoms with Crippen LogP contribution < -0.4 is 10.6 Å². The van der Waals surface area contributed by atoms with E-state index >= 15 is 0 Å². The van der Waals surface area contributed by atoms with Crippen molar-refractivity contribution < 1.29 is 0 Å². The summed E-state index contributed by atoms with van der Waals surface area (Å²) in [7, 11) is 0. The zero-order chi connectivity index (χ0) is 11.5. The highest BCUT2D eigenvalue weighted by molar-refractivity contribution is 7.17. The van der Waals surface area contributed by atoms with Crippen LogP contribution in [0.5, 0.6) is 0 Å². The molecule has 17 heavy (non-hydrogen) atoms. The molecule has 1 atom stereocenters. The number of rotatable bonds is 3. The Morgan fingerprint density at radius 2 is 2.47 bits per heavy atom. The summed E-state index contributed by atoms with van der Waals surface area (Å²) >= 11 is 1.70. The first-order valence-corrected chi connectivity index (χ1v) is 6.94. The lowest BCUT2D eigenvalue weighted by Gasteiger charge is -2.23. The van der Waals surface area contributed by atoms with E-state index in [4.69, 9.17) is 0 Å². The molecule has 2 aromatic rings. The highest BCUT2D eigenvalue weighted by Gasteiger charge is 2.13. The fourth-order valence-electron chi connectivity index (χ4n) is 2.25. The van der Waals surface area contributed by atoms with Crippen LogP contribution in [0.25, 0.3) is 10.2 Å². The summed E-state index contributed by atoms with van der Waals surface area (Å²) in [5, 5.41) is 8.96. The van der Waals surface area contributed by atoms with Gasteiger partial charge in [-0.1, -0.05) is 0 Å². The topological polar surface area (TPSA) is 49.8 Å². The van der Waals surface area contributed by atoms with Crippen LogP contribution in [0.1, 0.15) is 12.8 Å². The van der Waals surface area contributed by atoms with Crippen LogP contribution >= 0.6 is 11.3 Å². The molecule has 1 unspecified atom stereocenters. The number of thiophene rings is 1. The SMILES string of the molecule is c1nc(NCC2CCCNC2)c2sccc2n1. The predicted molar refractivity (Wildman–Crippen MR) is 71.5 cm³/mol. The van der Waals surface area contributed by atoms with Crippen molar-refractivity contribution in [2.24, 2.45) is 5.92 Å². The minimum atomic E-state index is 0.716. The molecular formula is C12H16N4S. The second kappa shape index (κ2) is 4.98. The van der Waals surface area contributed by atoms with Crippen LogP contribution in [0.3, 0.4) is 0 Å². The summed E-state index contributed by atoms with van der Waals surface area (Å²) in [5.41, 5.74) is 1.04. The largest absolute Gasteiger partial charge is 0.368 e. The Labute approximate surface area is 104 Å². The Bertz CT molecular complexity index is 490. The molecule has 1 aliphatic heterocycles. The third-order valence-corrected chi connectivity index (χ3v) is 4.11. The molecule has 2 N–H and O–H groups in total. The molecule has 3 rings (SSSR count). The van der Waals surface area contributed by atoms with Crippen LogP contribution in [0, 0.1) is 5.92 Å². The van der Waals surface area contributed by atoms with E-state index in [9.17, 15) is 0 Å². The van der Waals surface area contributed by atoms with Gasteiger partial charge in [-0.15, -0.1) is 11.3 Å². The minimum Gasteiger partial charge on any atom is -0.368 e. The van der Waals surface area contributed by atoms with E-state index in [2.05, 4.69) is 26.0 Å². The van der Waals surface area contributed by atoms with Gasteiger partial charge in [-0.2, -0.15) is 0 Å². The van der Waals surface area contributed by atoms with Gasteiger partial charge in [-0.05, 0) is 43.3 Å². The molecule has 0 spiro atoms. The van der Waals surface area contributed by atoms with Gasteiger partial charge in [0.1, 0.15) is 12.1 Å². The smallest absolute Gasteiger partial charge is 0.147 e. The Hall–Kier alpha value is -1.20. The van der Waals surface area contributed by atoms with Gasteiger partial charge in [0.15, 0.2) is 0 Å². The van der Waals surface area contributed by atoms with Crippen molar-refractivity contribution in [2.75, 3.05) is 25.0 Å². The standard InChI is InChI=1S/C12H16N4S/c1-2-9(6-13-4-1)7-14-12-11-10(3-5-17-11)15-8-16-12/h3,5,8-9,13H,1-2,4,6-7H2,(H,14,15,16). The second-order valence-electron chi connectivity index (χ2n) is 4.45. The highest BCUT2D eigenvalue weighted by atomic mass is 32.1. The summed E-state index contributed by atoms with van der Waals surface area (Å²) in [6, 6.07) is 2.04. The van der Waals surface area contributed by atoms with Gasteiger partial charge in [0.2, 0.25) is 0 Å². The number of nitrogens with one attached hydrogen (secondary N) is 2. The molecule has 5 heteroatoms. The first-order chi connectivity index (χ1) is 8.43. The molecule has 0 aromatic carbocycles. The van der Waals surface area contributed by atoms with E-state index in [1.54, 1.807) is 17.7 Å². The van der Waals surface area contributed by atoms with Crippen LogP contribution in [0.2, 0.25) is 0 Å². The van der Waals surface area contributed by atoms with E-state index in [-0.39, 0.29) is 0 Å². The average molecular weight is 248 g/mol. The second-order valence-corrected chi connectivity index (χ2v) is 5.37. The fourth-order valence-corrected chi connectivity index (χ4v) is 3.06. The van der Waals surface area contributed by atoms with E-state index in [1.807, 2.05) is 6.07 Å². The van der Waals surface area contributed by atoms with Gasteiger partial charge >= 0.3 is 0 Å². The Balaban J connectivity index is 1.69. The molecular weight excluding hydrogens is 232 g/mol. The predicted octanol–water partition coefficient (Wildman–Crippen LogP) is 2.10. The maximum atomic E-state index is 4.33. The molecule has 0 amide bonds. The maximum absolute atomic E-state index is 4.33. The van der Waals surface area contributed by atoms with Gasteiger partial charge in [-0.3, -0.25) is 0 Å². The first-order valence-electron chi connectivity index (χ1n) is 6.06. The lowest BCUT2D eigenvalue weighted by Crippen LogP contribution is -2.33. The number of aromatic nitrogens is 2. The molecule has 0 radical (unpaired) electrons. The van der Waals surface area contributed by atoms with Gasteiger partial charge in [0.05, 0.1) is 10.2 Å². The molecule has 0 bridgehead atoms. The molecule has 1 saturated heterocycles. The van der Waals surface area contributed by atoms with Crippen molar-refractivity contribution in [2.45, 2.75) is 12.8 Å². The van der Waals surface area contributed by atoms with Crippen molar-refractivity contribution in [3.8, 4) is 0 Å². The zero-order valence-electron chi connectivity index (χ0n) is 9.65. The molecule has 4 nitrogen and oxygen atoms in total. The third-order valence-electron chi connectivity index (χ3n) is 3.20. The number of nitrogens with zero attached hydrogens (tertiary/aromatic N) is 2. The van der Waals surface area contributed by atoms with Crippen molar-refractivity contribution in [1.82, 2.24) is 15.3 Å². The number of anilines is 1. The van der Waals surface area contributed by atoms with Gasteiger partial charge in [0, 0.05) is 6.54 Å². The summed E-state index contributed by atoms with van der Waals surface area (Å²) in [5.74, 6) is 1.70. The van der Waals surface area contributed by atoms with Crippen molar-refractivity contribution in [1.29, 1.82) is 0 Å². The van der Waals surface area contributed by atoms with Gasteiger partial charge in [-0.25, -0.2) is 9.97 Å². The average Bonchev–Trinajstić information content (AvgIpc) is 2.86. The van der Waals surface area contributed by atoms with E-state index < -0.39 is 0 Å². The number of piperidine rings is 1. The summed E-state index contributed by atoms with van der Waals surface area (Å²) in [4.78, 5) is 8.57. The maximum Gasteiger partial charge on any atom is 0.147 e. The van der Waals surface area contributed by atoms with E-state index in [0.29, 0.717) is 5.92 Å². The van der Waals surface area contributed by atoms with Crippen molar-refractivity contribution in [3.05, 3.63) is 17.8 Å². The quantitative estimate of drug-likeness (QED) is 0.873. The molecule has 2 aromatic heterocycles. The van der Waals surface area contributed by atoms with Crippen LogP contribution in [0.4, 0.5) is 5.82 Å². The van der Waals surface area contributed by atoms with Crippen molar-refractivity contribution in [3.63, 3.8) is 0 Å². The summed E-state index contributed by atoms with van der Waals surface area (Å²) < 4.78 is 1.16. The normalized spacial score (nSPS) is 20.6. The molecule has 0 aliphatic carbocycles. The van der Waals surface area contributed by atoms with Crippen LogP contribution in [0.15, 0.2) is 17.8 Å². The lowest BCUT2D eigenvalue weighted by atomic mass is 10.00. The highest BCUT2D eigenvalue weighted by Crippen LogP contribution is 2.25. The molecule has 0 saturated carbocycles. The summed E-state index contributed by atoms with van der Waals surface area (Å²) in [6.45, 7) is 3.28. The molecule has 1 fully saturated rings. The lowest BCUT2D eigenvalue weighted by molar-refractivity contribution is 0.393. The van der Waals surface area contributed by atoms with Crippen molar-refractivity contribution >= 4 is 27.4 Å². The monoisotopic (exact) mass is 248 g/mol. The Kier molecular flexibility index (Phi) is 3.20. The molecule has 90 valence electrons. The minimum absolute atomic E-state index is 0.716. The fraction of sp³-hybridized carbons (Fsp3) is 0.500. The Morgan fingerprint density at radius 1 is 1.47 bits per heavy atom. The number of hydrogen-bond acceptors (Lipinski definition) is 5. The zero-order valence-corrected chi connectivity index (χ0v) is 10.5.